The fourth-order valence-electron chi connectivity index (χ4n) is 3.10. The third-order valence-electron chi connectivity index (χ3n) is 4.42. The predicted octanol–water partition coefficient (Wildman–Crippen LogP) is 4.11. The number of rotatable bonds is 6. The number of carbonyl (C=O) groups is 1. The number of anilines is 1. The standard InChI is InChI=1S/C19H30N2O2/c1-3-23-18-13-11-17(12-14-18)21-19(22)15(2)20-16-9-7-5-4-6-8-10-16/h11-16,20H,3-10H2,1-2H3,(H,21,22)/t15-/m1/s1. The van der Waals surface area contributed by atoms with Gasteiger partial charge in [0.05, 0.1) is 12.6 Å². The van der Waals surface area contributed by atoms with Crippen LogP contribution in [-0.4, -0.2) is 24.6 Å². The largest absolute Gasteiger partial charge is 0.494 e. The molecule has 4 heteroatoms. The van der Waals surface area contributed by atoms with Crippen LogP contribution in [0.25, 0.3) is 0 Å². The van der Waals surface area contributed by atoms with Gasteiger partial charge in [-0.05, 0) is 51.0 Å². The lowest BCUT2D eigenvalue weighted by molar-refractivity contribution is -0.118. The summed E-state index contributed by atoms with van der Waals surface area (Å²) in [6.45, 7) is 4.55. The van der Waals surface area contributed by atoms with E-state index in [0.717, 1.165) is 11.4 Å². The number of benzene rings is 1. The van der Waals surface area contributed by atoms with Gasteiger partial charge in [-0.3, -0.25) is 4.79 Å². The lowest BCUT2D eigenvalue weighted by Gasteiger charge is -2.24. The van der Waals surface area contributed by atoms with Gasteiger partial charge in [-0.15, -0.1) is 0 Å². The monoisotopic (exact) mass is 318 g/mol. The number of amides is 1. The van der Waals surface area contributed by atoms with Crippen molar-refractivity contribution in [1.82, 2.24) is 5.32 Å². The lowest BCUT2D eigenvalue weighted by Crippen LogP contribution is -2.44. The van der Waals surface area contributed by atoms with Crippen molar-refractivity contribution in [3.63, 3.8) is 0 Å². The molecule has 1 aliphatic rings. The van der Waals surface area contributed by atoms with E-state index >= 15 is 0 Å². The maximum atomic E-state index is 12.3. The highest BCUT2D eigenvalue weighted by atomic mass is 16.5. The zero-order valence-electron chi connectivity index (χ0n) is 14.4. The van der Waals surface area contributed by atoms with Crippen LogP contribution in [0, 0.1) is 0 Å². The van der Waals surface area contributed by atoms with E-state index < -0.39 is 0 Å². The second-order valence-corrected chi connectivity index (χ2v) is 6.38. The summed E-state index contributed by atoms with van der Waals surface area (Å²) >= 11 is 0. The van der Waals surface area contributed by atoms with Crippen molar-refractivity contribution in [2.75, 3.05) is 11.9 Å². The molecule has 128 valence electrons. The number of nitrogens with one attached hydrogen (secondary N) is 2. The Kier molecular flexibility index (Phi) is 7.40. The van der Waals surface area contributed by atoms with Crippen molar-refractivity contribution in [2.45, 2.75) is 70.9 Å². The van der Waals surface area contributed by atoms with E-state index in [4.69, 9.17) is 4.74 Å². The van der Waals surface area contributed by atoms with Crippen molar-refractivity contribution < 1.29 is 9.53 Å². The predicted molar refractivity (Wildman–Crippen MR) is 94.9 cm³/mol. The van der Waals surface area contributed by atoms with Crippen molar-refractivity contribution in [1.29, 1.82) is 0 Å². The Morgan fingerprint density at radius 3 is 2.35 bits per heavy atom. The van der Waals surface area contributed by atoms with Gasteiger partial charge in [0, 0.05) is 11.7 Å². The highest BCUT2D eigenvalue weighted by Gasteiger charge is 2.18. The molecule has 0 bridgehead atoms. The first-order chi connectivity index (χ1) is 11.2. The molecule has 0 aromatic heterocycles. The minimum absolute atomic E-state index is 0.0243. The SMILES string of the molecule is CCOc1ccc(NC(=O)[C@@H](C)NC2CCCCCCC2)cc1. The molecule has 2 N–H and O–H groups in total. The van der Waals surface area contributed by atoms with Gasteiger partial charge < -0.3 is 15.4 Å². The molecule has 1 aliphatic carbocycles. The minimum atomic E-state index is -0.175. The Bertz CT molecular complexity index is 465. The third-order valence-corrected chi connectivity index (χ3v) is 4.42. The highest BCUT2D eigenvalue weighted by Crippen LogP contribution is 2.18. The normalized spacial score (nSPS) is 17.8. The summed E-state index contributed by atoms with van der Waals surface area (Å²) in [5.41, 5.74) is 0.810. The van der Waals surface area contributed by atoms with Crippen LogP contribution in [0.5, 0.6) is 5.75 Å². The van der Waals surface area contributed by atoms with Crippen LogP contribution in [-0.2, 0) is 4.79 Å². The van der Waals surface area contributed by atoms with E-state index in [1.165, 1.54) is 44.9 Å². The first kappa shape index (κ1) is 17.8. The van der Waals surface area contributed by atoms with Crippen molar-refractivity contribution in [2.24, 2.45) is 0 Å². The molecular weight excluding hydrogens is 288 g/mol. The van der Waals surface area contributed by atoms with Gasteiger partial charge >= 0.3 is 0 Å². The average Bonchev–Trinajstić information content (AvgIpc) is 2.52. The van der Waals surface area contributed by atoms with Crippen LogP contribution >= 0.6 is 0 Å². The average molecular weight is 318 g/mol. The van der Waals surface area contributed by atoms with E-state index in [1.807, 2.05) is 38.1 Å². The molecule has 1 fully saturated rings. The van der Waals surface area contributed by atoms with E-state index in [1.54, 1.807) is 0 Å². The molecule has 0 spiro atoms. The van der Waals surface area contributed by atoms with Gasteiger partial charge in [0.1, 0.15) is 5.75 Å². The molecule has 2 rings (SSSR count). The zero-order valence-corrected chi connectivity index (χ0v) is 14.4. The molecule has 1 amide bonds. The maximum absolute atomic E-state index is 12.3. The molecule has 23 heavy (non-hydrogen) atoms. The number of carbonyl (C=O) groups excluding carboxylic acids is 1. The van der Waals surface area contributed by atoms with E-state index in [-0.39, 0.29) is 11.9 Å². The molecule has 4 nitrogen and oxygen atoms in total. The van der Waals surface area contributed by atoms with Gasteiger partial charge in [-0.2, -0.15) is 0 Å². The Morgan fingerprint density at radius 1 is 1.13 bits per heavy atom. The lowest BCUT2D eigenvalue weighted by atomic mass is 9.96. The summed E-state index contributed by atoms with van der Waals surface area (Å²) in [5.74, 6) is 0.849. The van der Waals surface area contributed by atoms with Gasteiger partial charge in [0.25, 0.3) is 0 Å². The van der Waals surface area contributed by atoms with E-state index in [0.29, 0.717) is 12.6 Å². The Morgan fingerprint density at radius 2 is 1.74 bits per heavy atom. The van der Waals surface area contributed by atoms with Gasteiger partial charge in [0.2, 0.25) is 5.91 Å². The summed E-state index contributed by atoms with van der Waals surface area (Å²) in [6.07, 6.45) is 8.91. The van der Waals surface area contributed by atoms with Crippen molar-refractivity contribution in [3.05, 3.63) is 24.3 Å². The summed E-state index contributed by atoms with van der Waals surface area (Å²) in [7, 11) is 0. The van der Waals surface area contributed by atoms with E-state index in [9.17, 15) is 4.79 Å². The maximum Gasteiger partial charge on any atom is 0.241 e. The fraction of sp³-hybridized carbons (Fsp3) is 0.632. The second kappa shape index (κ2) is 9.56. The fourth-order valence-corrected chi connectivity index (χ4v) is 3.10. The molecule has 0 heterocycles. The van der Waals surface area contributed by atoms with Crippen LogP contribution in [0.1, 0.15) is 58.8 Å². The van der Waals surface area contributed by atoms with Gasteiger partial charge in [-0.1, -0.05) is 32.1 Å². The molecule has 0 radical (unpaired) electrons. The van der Waals surface area contributed by atoms with Crippen LogP contribution in [0.2, 0.25) is 0 Å². The Labute approximate surface area is 140 Å². The molecule has 0 unspecified atom stereocenters. The molecule has 1 aromatic carbocycles. The molecule has 1 atom stereocenters. The number of hydrogen-bond acceptors (Lipinski definition) is 3. The van der Waals surface area contributed by atoms with Crippen LogP contribution < -0.4 is 15.4 Å². The quantitative estimate of drug-likeness (QED) is 0.829. The van der Waals surface area contributed by atoms with Crippen molar-refractivity contribution in [3.8, 4) is 5.75 Å². The molecular formula is C19H30N2O2. The third kappa shape index (κ3) is 6.22. The molecule has 1 aromatic rings. The summed E-state index contributed by atoms with van der Waals surface area (Å²) in [4.78, 5) is 12.3. The smallest absolute Gasteiger partial charge is 0.241 e. The summed E-state index contributed by atoms with van der Waals surface area (Å²) in [5, 5.41) is 6.47. The van der Waals surface area contributed by atoms with E-state index in [2.05, 4.69) is 10.6 Å². The first-order valence-corrected chi connectivity index (χ1v) is 8.99. The number of ether oxygens (including phenoxy) is 1. The van der Waals surface area contributed by atoms with Gasteiger partial charge in [0.15, 0.2) is 0 Å². The van der Waals surface area contributed by atoms with Crippen molar-refractivity contribution >= 4 is 11.6 Å². The zero-order chi connectivity index (χ0) is 16.5. The topological polar surface area (TPSA) is 50.4 Å². The molecule has 0 aliphatic heterocycles. The summed E-state index contributed by atoms with van der Waals surface area (Å²) in [6, 6.07) is 7.82. The first-order valence-electron chi connectivity index (χ1n) is 8.99. The second-order valence-electron chi connectivity index (χ2n) is 6.38. The van der Waals surface area contributed by atoms with Crippen LogP contribution in [0.4, 0.5) is 5.69 Å². The van der Waals surface area contributed by atoms with Crippen LogP contribution in [0.15, 0.2) is 24.3 Å². The Balaban J connectivity index is 1.81. The van der Waals surface area contributed by atoms with Crippen LogP contribution in [0.3, 0.4) is 0 Å². The Hall–Kier alpha value is -1.55. The highest BCUT2D eigenvalue weighted by molar-refractivity contribution is 5.94. The minimum Gasteiger partial charge on any atom is -0.494 e. The number of hydrogen-bond donors (Lipinski definition) is 2. The molecule has 0 saturated heterocycles. The van der Waals surface area contributed by atoms with Gasteiger partial charge in [-0.25, -0.2) is 0 Å². The molecule has 1 saturated carbocycles. The summed E-state index contributed by atoms with van der Waals surface area (Å²) < 4.78 is 5.41.